The molecular weight excluding hydrogens is 299 g/mol. The first-order chi connectivity index (χ1) is 11.0. The van der Waals surface area contributed by atoms with Crippen LogP contribution in [-0.4, -0.2) is 18.5 Å². The maximum atomic E-state index is 14.8. The zero-order chi connectivity index (χ0) is 16.6. The average molecular weight is 316 g/mol. The van der Waals surface area contributed by atoms with Crippen molar-refractivity contribution in [1.29, 1.82) is 5.26 Å². The summed E-state index contributed by atoms with van der Waals surface area (Å²) >= 11 is 0. The highest BCUT2D eigenvalue weighted by atomic mass is 19.1. The van der Waals surface area contributed by atoms with Gasteiger partial charge in [0.25, 0.3) is 0 Å². The molecule has 3 saturated carbocycles. The Balaban J connectivity index is 1.82. The molecule has 0 aliphatic heterocycles. The summed E-state index contributed by atoms with van der Waals surface area (Å²) in [5.41, 5.74) is 0.355. The van der Waals surface area contributed by atoms with E-state index in [2.05, 4.69) is 10.1 Å². The van der Waals surface area contributed by atoms with Gasteiger partial charge in [0.1, 0.15) is 12.5 Å². The smallest absolute Gasteiger partial charge is 0.315 e. The van der Waals surface area contributed by atoms with Gasteiger partial charge in [-0.05, 0) is 49.1 Å². The second-order valence-corrected chi connectivity index (χ2v) is 6.25. The Hall–Kier alpha value is -2.42. The molecule has 120 valence electrons. The minimum atomic E-state index is -0.686. The lowest BCUT2D eigenvalue weighted by Gasteiger charge is -2.62. The topological polar surface area (TPSA) is 79.2 Å². The molecule has 4 rings (SSSR count). The Labute approximate surface area is 133 Å². The van der Waals surface area contributed by atoms with E-state index < -0.39 is 24.1 Å². The van der Waals surface area contributed by atoms with Crippen LogP contribution in [0.2, 0.25) is 0 Å². The summed E-state index contributed by atoms with van der Waals surface area (Å²) in [7, 11) is 0. The van der Waals surface area contributed by atoms with Crippen molar-refractivity contribution in [1.82, 2.24) is 0 Å². The lowest BCUT2D eigenvalue weighted by Crippen LogP contribution is -2.55. The van der Waals surface area contributed by atoms with E-state index in [0.717, 1.165) is 19.3 Å². The number of esters is 1. The second-order valence-electron chi connectivity index (χ2n) is 6.25. The van der Waals surface area contributed by atoms with E-state index >= 15 is 0 Å². The number of ether oxygens (including phenoxy) is 1. The summed E-state index contributed by atoms with van der Waals surface area (Å²) in [6.45, 7) is 1.81. The molecule has 6 heteroatoms. The quantitative estimate of drug-likeness (QED) is 0.669. The molecule has 3 aliphatic rings. The molecular formula is C17H17FN2O3. The van der Waals surface area contributed by atoms with Crippen molar-refractivity contribution in [3.05, 3.63) is 29.1 Å². The van der Waals surface area contributed by atoms with Gasteiger partial charge in [-0.15, -0.1) is 0 Å². The predicted molar refractivity (Wildman–Crippen MR) is 80.0 cm³/mol. The van der Waals surface area contributed by atoms with Crippen LogP contribution >= 0.6 is 0 Å². The van der Waals surface area contributed by atoms with Gasteiger partial charge < -0.3 is 10.1 Å². The first kappa shape index (κ1) is 15.5. The highest BCUT2D eigenvalue weighted by molar-refractivity contribution is 6.02. The van der Waals surface area contributed by atoms with Crippen LogP contribution in [0.5, 0.6) is 0 Å². The van der Waals surface area contributed by atoms with Crippen LogP contribution in [0.15, 0.2) is 12.1 Å². The predicted octanol–water partition coefficient (Wildman–Crippen LogP) is 2.64. The normalized spacial score (nSPS) is 24.0. The standard InChI is InChI=1S/C17H17FN2O3/c1-2-23-14(22)5-13(21)20-16-11(9-19)3-4-12(15(16)18)17-6-10(7-17)8-17/h3-4,10H,2,5-8H2,1H3,(H,20,21). The van der Waals surface area contributed by atoms with Gasteiger partial charge >= 0.3 is 5.97 Å². The maximum absolute atomic E-state index is 14.8. The fraction of sp³-hybridized carbons (Fsp3) is 0.471. The van der Waals surface area contributed by atoms with Crippen LogP contribution in [0, 0.1) is 23.1 Å². The molecule has 0 unspecified atom stereocenters. The Bertz CT molecular complexity index is 706. The SMILES string of the molecule is CCOC(=O)CC(=O)Nc1c(C#N)ccc(C23CC(C2)C3)c1F. The summed E-state index contributed by atoms with van der Waals surface area (Å²) in [5, 5.41) is 11.5. The van der Waals surface area contributed by atoms with E-state index in [9.17, 15) is 14.0 Å². The molecule has 0 radical (unpaired) electrons. The van der Waals surface area contributed by atoms with Gasteiger partial charge in [0.15, 0.2) is 5.82 Å². The van der Waals surface area contributed by atoms with Crippen LogP contribution in [0.1, 0.15) is 43.7 Å². The van der Waals surface area contributed by atoms with Crippen molar-refractivity contribution in [2.24, 2.45) is 5.92 Å². The van der Waals surface area contributed by atoms with Crippen molar-refractivity contribution in [3.8, 4) is 6.07 Å². The third-order valence-corrected chi connectivity index (χ3v) is 4.75. The monoisotopic (exact) mass is 316 g/mol. The minimum absolute atomic E-state index is 0.0510. The minimum Gasteiger partial charge on any atom is -0.466 e. The number of carbonyl (C=O) groups excluding carboxylic acids is 2. The molecule has 1 aromatic rings. The van der Waals surface area contributed by atoms with Gasteiger partial charge in [0, 0.05) is 0 Å². The maximum Gasteiger partial charge on any atom is 0.315 e. The van der Waals surface area contributed by atoms with Gasteiger partial charge in [-0.2, -0.15) is 5.26 Å². The van der Waals surface area contributed by atoms with Crippen LogP contribution < -0.4 is 5.32 Å². The molecule has 0 heterocycles. The Morgan fingerprint density at radius 1 is 1.43 bits per heavy atom. The van der Waals surface area contributed by atoms with Crippen molar-refractivity contribution < 1.29 is 18.7 Å². The zero-order valence-electron chi connectivity index (χ0n) is 12.8. The van der Waals surface area contributed by atoms with E-state index in [4.69, 9.17) is 5.26 Å². The van der Waals surface area contributed by atoms with Crippen LogP contribution in [0.4, 0.5) is 10.1 Å². The van der Waals surface area contributed by atoms with E-state index in [0.29, 0.717) is 11.5 Å². The van der Waals surface area contributed by atoms with Crippen molar-refractivity contribution in [2.45, 2.75) is 38.0 Å². The number of hydrogen-bond acceptors (Lipinski definition) is 4. The van der Waals surface area contributed by atoms with Crippen LogP contribution in [-0.2, 0) is 19.7 Å². The average Bonchev–Trinajstić information content (AvgIpc) is 2.40. The summed E-state index contributed by atoms with van der Waals surface area (Å²) < 4.78 is 19.5. The number of halogens is 1. The molecule has 2 bridgehead atoms. The van der Waals surface area contributed by atoms with E-state index in [1.54, 1.807) is 13.0 Å². The Kier molecular flexibility index (Phi) is 3.80. The fourth-order valence-electron chi connectivity index (χ4n) is 3.54. The van der Waals surface area contributed by atoms with Crippen molar-refractivity contribution in [3.63, 3.8) is 0 Å². The lowest BCUT2D eigenvalue weighted by molar-refractivity contribution is -0.145. The number of nitrogens with one attached hydrogen (secondary N) is 1. The third kappa shape index (κ3) is 2.56. The van der Waals surface area contributed by atoms with Crippen LogP contribution in [0.3, 0.4) is 0 Å². The van der Waals surface area contributed by atoms with Crippen LogP contribution in [0.25, 0.3) is 0 Å². The number of benzene rings is 1. The largest absolute Gasteiger partial charge is 0.466 e. The van der Waals surface area contributed by atoms with Gasteiger partial charge in [-0.3, -0.25) is 9.59 Å². The molecule has 3 aliphatic carbocycles. The zero-order valence-corrected chi connectivity index (χ0v) is 12.8. The van der Waals surface area contributed by atoms with Gasteiger partial charge in [0.2, 0.25) is 5.91 Å². The van der Waals surface area contributed by atoms with E-state index in [1.807, 2.05) is 6.07 Å². The highest BCUT2D eigenvalue weighted by Crippen LogP contribution is 2.65. The molecule has 0 atom stereocenters. The van der Waals surface area contributed by atoms with Gasteiger partial charge in [0.05, 0.1) is 17.9 Å². The second kappa shape index (κ2) is 5.65. The third-order valence-electron chi connectivity index (χ3n) is 4.75. The molecule has 0 aromatic heterocycles. The summed E-state index contributed by atoms with van der Waals surface area (Å²) in [5.74, 6) is -1.24. The van der Waals surface area contributed by atoms with Gasteiger partial charge in [-0.1, -0.05) is 6.07 Å². The molecule has 3 fully saturated rings. The molecule has 1 N–H and O–H groups in total. The first-order valence-corrected chi connectivity index (χ1v) is 7.67. The number of hydrogen-bond donors (Lipinski definition) is 1. The Morgan fingerprint density at radius 3 is 2.65 bits per heavy atom. The number of rotatable bonds is 5. The number of nitrogens with zero attached hydrogens (tertiary/aromatic N) is 1. The number of amides is 1. The van der Waals surface area contributed by atoms with Crippen molar-refractivity contribution in [2.75, 3.05) is 11.9 Å². The number of carbonyl (C=O) groups is 2. The van der Waals surface area contributed by atoms with E-state index in [1.165, 1.54) is 6.07 Å². The van der Waals surface area contributed by atoms with Crippen molar-refractivity contribution >= 4 is 17.6 Å². The lowest BCUT2D eigenvalue weighted by atomic mass is 9.42. The summed E-state index contributed by atoms with van der Waals surface area (Å²) in [6.07, 6.45) is 2.39. The molecule has 1 aromatic carbocycles. The highest BCUT2D eigenvalue weighted by Gasteiger charge is 2.58. The molecule has 0 saturated heterocycles. The number of nitriles is 1. The fourth-order valence-corrected chi connectivity index (χ4v) is 3.54. The molecule has 1 amide bonds. The summed E-state index contributed by atoms with van der Waals surface area (Å²) in [4.78, 5) is 23.2. The Morgan fingerprint density at radius 2 is 2.13 bits per heavy atom. The first-order valence-electron chi connectivity index (χ1n) is 7.67. The van der Waals surface area contributed by atoms with Gasteiger partial charge in [-0.25, -0.2) is 4.39 Å². The molecule has 5 nitrogen and oxygen atoms in total. The van der Waals surface area contributed by atoms with E-state index in [-0.39, 0.29) is 23.3 Å². The molecule has 0 spiro atoms. The summed E-state index contributed by atoms with van der Waals surface area (Å²) in [6, 6.07) is 5.05. The molecule has 23 heavy (non-hydrogen) atoms. The number of anilines is 1.